The van der Waals surface area contributed by atoms with Gasteiger partial charge < -0.3 is 19.3 Å². The molecule has 9 heteroatoms. The maximum atomic E-state index is 12.2. The van der Waals surface area contributed by atoms with Gasteiger partial charge in [0.25, 0.3) is 0 Å². The van der Waals surface area contributed by atoms with E-state index in [1.165, 1.54) is 12.0 Å². The van der Waals surface area contributed by atoms with Gasteiger partial charge in [0, 0.05) is 39.1 Å². The van der Waals surface area contributed by atoms with Gasteiger partial charge in [0.1, 0.15) is 11.4 Å². The van der Waals surface area contributed by atoms with Crippen LogP contribution in [0.25, 0.3) is 0 Å². The average molecular weight is 404 g/mol. The summed E-state index contributed by atoms with van der Waals surface area (Å²) < 4.78 is 10.2. The number of amides is 2. The zero-order chi connectivity index (χ0) is 21.2. The highest BCUT2D eigenvalue weighted by Crippen LogP contribution is 2.26. The van der Waals surface area contributed by atoms with E-state index in [0.29, 0.717) is 32.0 Å². The molecular weight excluding hydrogens is 376 g/mol. The third-order valence-electron chi connectivity index (χ3n) is 4.96. The first-order valence-electron chi connectivity index (χ1n) is 9.75. The van der Waals surface area contributed by atoms with Gasteiger partial charge in [0.15, 0.2) is 0 Å². The van der Waals surface area contributed by atoms with Gasteiger partial charge in [-0.1, -0.05) is 0 Å². The molecule has 158 valence electrons. The highest BCUT2D eigenvalue weighted by molar-refractivity contribution is 5.98. The lowest BCUT2D eigenvalue weighted by Crippen LogP contribution is -2.50. The van der Waals surface area contributed by atoms with Gasteiger partial charge in [0.2, 0.25) is 5.91 Å². The van der Waals surface area contributed by atoms with E-state index < -0.39 is 11.5 Å². The van der Waals surface area contributed by atoms with Crippen LogP contribution < -0.4 is 9.80 Å². The number of methoxy groups -OCH3 is 1. The summed E-state index contributed by atoms with van der Waals surface area (Å²) in [7, 11) is 1.32. The van der Waals surface area contributed by atoms with Gasteiger partial charge in [-0.2, -0.15) is 0 Å². The number of pyridine rings is 1. The highest BCUT2D eigenvalue weighted by atomic mass is 16.6. The van der Waals surface area contributed by atoms with E-state index in [2.05, 4.69) is 9.88 Å². The Morgan fingerprint density at radius 3 is 2.38 bits per heavy atom. The highest BCUT2D eigenvalue weighted by Gasteiger charge is 2.36. The van der Waals surface area contributed by atoms with Crippen molar-refractivity contribution >= 4 is 29.5 Å². The van der Waals surface area contributed by atoms with Crippen LogP contribution in [0.5, 0.6) is 0 Å². The molecule has 0 aromatic carbocycles. The number of hydrogen-bond acceptors (Lipinski definition) is 7. The molecule has 3 heterocycles. The summed E-state index contributed by atoms with van der Waals surface area (Å²) >= 11 is 0. The number of nitrogens with zero attached hydrogens (tertiary/aromatic N) is 4. The molecule has 0 saturated carbocycles. The zero-order valence-electron chi connectivity index (χ0n) is 17.4. The molecule has 0 radical (unpaired) electrons. The molecule has 2 fully saturated rings. The predicted octanol–water partition coefficient (Wildman–Crippen LogP) is 1.66. The number of carbonyl (C=O) groups is 3. The number of esters is 1. The van der Waals surface area contributed by atoms with E-state index >= 15 is 0 Å². The molecule has 2 amide bonds. The Kier molecular flexibility index (Phi) is 5.95. The maximum absolute atomic E-state index is 12.2. The van der Waals surface area contributed by atoms with Crippen molar-refractivity contribution in [3.63, 3.8) is 0 Å². The molecule has 0 aliphatic carbocycles. The molecule has 0 N–H and O–H groups in total. The van der Waals surface area contributed by atoms with Crippen molar-refractivity contribution in [2.24, 2.45) is 5.92 Å². The van der Waals surface area contributed by atoms with Crippen LogP contribution in [0.3, 0.4) is 0 Å². The van der Waals surface area contributed by atoms with Crippen LogP contribution in [0.2, 0.25) is 0 Å². The summed E-state index contributed by atoms with van der Waals surface area (Å²) in [6.07, 6.45) is 1.57. The minimum absolute atomic E-state index is 0.133. The lowest BCUT2D eigenvalue weighted by Gasteiger charge is -2.36. The second-order valence-corrected chi connectivity index (χ2v) is 8.26. The van der Waals surface area contributed by atoms with Gasteiger partial charge >= 0.3 is 12.1 Å². The summed E-state index contributed by atoms with van der Waals surface area (Å²) in [5.74, 6) is -0.431. The van der Waals surface area contributed by atoms with E-state index in [-0.39, 0.29) is 30.9 Å². The summed E-state index contributed by atoms with van der Waals surface area (Å²) in [5, 5.41) is 0. The summed E-state index contributed by atoms with van der Waals surface area (Å²) in [6.45, 7) is 8.34. The summed E-state index contributed by atoms with van der Waals surface area (Å²) in [4.78, 5) is 45.9. The SMILES string of the molecule is COC(=O)C1CC(=O)N(c2ccc(N3CCN(C(=O)OC(C)(C)C)CC3)cn2)C1. The first-order chi connectivity index (χ1) is 13.7. The molecule has 0 spiro atoms. The molecule has 0 bridgehead atoms. The van der Waals surface area contributed by atoms with Crippen molar-refractivity contribution in [2.45, 2.75) is 32.8 Å². The Bertz CT molecular complexity index is 766. The van der Waals surface area contributed by atoms with E-state index in [1.54, 1.807) is 17.2 Å². The van der Waals surface area contributed by atoms with Crippen LogP contribution in [-0.4, -0.2) is 73.3 Å². The molecule has 2 saturated heterocycles. The smallest absolute Gasteiger partial charge is 0.410 e. The standard InChI is InChI=1S/C20H28N4O5/c1-20(2,3)29-19(27)23-9-7-22(8-10-23)15-5-6-16(21-12-15)24-13-14(11-17(24)25)18(26)28-4/h5-6,12,14H,7-11,13H2,1-4H3. The molecule has 1 atom stereocenters. The quantitative estimate of drug-likeness (QED) is 0.708. The summed E-state index contributed by atoms with van der Waals surface area (Å²) in [6, 6.07) is 3.69. The second kappa shape index (κ2) is 8.26. The van der Waals surface area contributed by atoms with Crippen LogP contribution in [-0.2, 0) is 19.1 Å². The number of piperazine rings is 1. The third kappa shape index (κ3) is 4.96. The normalized spacial score (nSPS) is 20.1. The lowest BCUT2D eigenvalue weighted by molar-refractivity contribution is -0.145. The fraction of sp³-hybridized carbons (Fsp3) is 0.600. The number of ether oxygens (including phenoxy) is 2. The van der Waals surface area contributed by atoms with Crippen molar-refractivity contribution in [3.05, 3.63) is 18.3 Å². The summed E-state index contributed by atoms with van der Waals surface area (Å²) in [5.41, 5.74) is 0.419. The van der Waals surface area contributed by atoms with E-state index in [4.69, 9.17) is 9.47 Å². The predicted molar refractivity (Wildman–Crippen MR) is 107 cm³/mol. The first kappa shape index (κ1) is 20.9. The second-order valence-electron chi connectivity index (χ2n) is 8.26. The average Bonchev–Trinajstić information content (AvgIpc) is 3.08. The van der Waals surface area contributed by atoms with E-state index in [9.17, 15) is 14.4 Å². The minimum Gasteiger partial charge on any atom is -0.469 e. The maximum Gasteiger partial charge on any atom is 0.410 e. The van der Waals surface area contributed by atoms with Crippen molar-refractivity contribution in [2.75, 3.05) is 49.6 Å². The Morgan fingerprint density at radius 1 is 1.14 bits per heavy atom. The Labute approximate surface area is 170 Å². The number of hydrogen-bond donors (Lipinski definition) is 0. The van der Waals surface area contributed by atoms with Gasteiger partial charge in [-0.15, -0.1) is 0 Å². The van der Waals surface area contributed by atoms with Crippen LogP contribution in [0, 0.1) is 5.92 Å². The van der Waals surface area contributed by atoms with Crippen molar-refractivity contribution < 1.29 is 23.9 Å². The molecule has 9 nitrogen and oxygen atoms in total. The molecule has 2 aliphatic rings. The molecular formula is C20H28N4O5. The minimum atomic E-state index is -0.506. The Hall–Kier alpha value is -2.84. The monoisotopic (exact) mass is 404 g/mol. The van der Waals surface area contributed by atoms with Gasteiger partial charge in [-0.3, -0.25) is 14.5 Å². The number of anilines is 2. The number of rotatable bonds is 3. The van der Waals surface area contributed by atoms with Crippen LogP contribution >= 0.6 is 0 Å². The zero-order valence-corrected chi connectivity index (χ0v) is 17.4. The molecule has 29 heavy (non-hydrogen) atoms. The Morgan fingerprint density at radius 2 is 1.83 bits per heavy atom. The molecule has 1 aromatic rings. The fourth-order valence-electron chi connectivity index (χ4n) is 3.45. The third-order valence-corrected chi connectivity index (χ3v) is 4.96. The van der Waals surface area contributed by atoms with Crippen LogP contribution in [0.4, 0.5) is 16.3 Å². The van der Waals surface area contributed by atoms with Crippen molar-refractivity contribution in [1.82, 2.24) is 9.88 Å². The van der Waals surface area contributed by atoms with Gasteiger partial charge in [0.05, 0.1) is 24.9 Å². The Balaban J connectivity index is 1.57. The molecule has 3 rings (SSSR count). The van der Waals surface area contributed by atoms with Crippen LogP contribution in [0.1, 0.15) is 27.2 Å². The topological polar surface area (TPSA) is 92.3 Å². The molecule has 1 aromatic heterocycles. The van der Waals surface area contributed by atoms with Crippen LogP contribution in [0.15, 0.2) is 18.3 Å². The van der Waals surface area contributed by atoms with Gasteiger partial charge in [-0.25, -0.2) is 9.78 Å². The largest absolute Gasteiger partial charge is 0.469 e. The first-order valence-corrected chi connectivity index (χ1v) is 9.75. The lowest BCUT2D eigenvalue weighted by atomic mass is 10.1. The fourth-order valence-corrected chi connectivity index (χ4v) is 3.45. The molecule has 2 aliphatic heterocycles. The number of aromatic nitrogens is 1. The van der Waals surface area contributed by atoms with E-state index in [0.717, 1.165) is 5.69 Å². The van der Waals surface area contributed by atoms with E-state index in [1.807, 2.05) is 26.8 Å². The molecule has 1 unspecified atom stereocenters. The number of carbonyl (C=O) groups excluding carboxylic acids is 3. The van der Waals surface area contributed by atoms with Crippen molar-refractivity contribution in [3.8, 4) is 0 Å². The van der Waals surface area contributed by atoms with Gasteiger partial charge in [-0.05, 0) is 32.9 Å². The van der Waals surface area contributed by atoms with Crippen molar-refractivity contribution in [1.29, 1.82) is 0 Å².